The average molecular weight is 514 g/mol. The third kappa shape index (κ3) is 6.66. The molecule has 8 heteroatoms. The van der Waals surface area contributed by atoms with Crippen molar-refractivity contribution in [1.82, 2.24) is 10.6 Å². The highest BCUT2D eigenvalue weighted by Crippen LogP contribution is 2.31. The van der Waals surface area contributed by atoms with Gasteiger partial charge in [-0.3, -0.25) is 9.79 Å². The number of hydrogen-bond acceptors (Lipinski definition) is 2. The second-order valence-electron chi connectivity index (χ2n) is 6.71. The van der Waals surface area contributed by atoms with E-state index >= 15 is 0 Å². The van der Waals surface area contributed by atoms with Crippen molar-refractivity contribution in [2.75, 3.05) is 25.0 Å². The van der Waals surface area contributed by atoms with Gasteiger partial charge in [-0.1, -0.05) is 18.2 Å². The third-order valence-electron chi connectivity index (χ3n) is 4.55. The standard InChI is InChI=1S/C21H24F2N4O.HI/c1-2-24-21(25-8-7-14-9-16(22)12-17(23)10-14)26-13-15-11-20(28)27-19-6-4-3-5-18(15)19;/h3-6,9-10,12,15H,2,7-8,11,13H2,1H3,(H,27,28)(H2,24,25,26);1H. The van der Waals surface area contributed by atoms with Crippen molar-refractivity contribution in [2.45, 2.75) is 25.7 Å². The molecular formula is C21H25F2IN4O. The van der Waals surface area contributed by atoms with E-state index in [2.05, 4.69) is 20.9 Å². The number of para-hydroxylation sites is 1. The third-order valence-corrected chi connectivity index (χ3v) is 4.55. The first-order valence-electron chi connectivity index (χ1n) is 9.41. The van der Waals surface area contributed by atoms with Crippen LogP contribution in [0.1, 0.15) is 30.4 Å². The smallest absolute Gasteiger partial charge is 0.225 e. The molecule has 3 rings (SSSR count). The number of amides is 1. The number of carbonyl (C=O) groups excluding carboxylic acids is 1. The van der Waals surface area contributed by atoms with Gasteiger partial charge in [-0.2, -0.15) is 0 Å². The molecule has 0 aliphatic carbocycles. The lowest BCUT2D eigenvalue weighted by atomic mass is 9.91. The van der Waals surface area contributed by atoms with Crippen LogP contribution in [0.2, 0.25) is 0 Å². The molecule has 3 N–H and O–H groups in total. The SMILES string of the molecule is CCNC(=NCC1CC(=O)Nc2ccccc21)NCCc1cc(F)cc(F)c1.I. The molecule has 0 bridgehead atoms. The molecule has 1 heterocycles. The average Bonchev–Trinajstić information content (AvgIpc) is 2.65. The summed E-state index contributed by atoms with van der Waals surface area (Å²) in [6, 6.07) is 11.3. The van der Waals surface area contributed by atoms with Gasteiger partial charge in [0.1, 0.15) is 11.6 Å². The molecule has 0 fully saturated rings. The molecule has 29 heavy (non-hydrogen) atoms. The Balaban J connectivity index is 0.00000300. The van der Waals surface area contributed by atoms with Gasteiger partial charge >= 0.3 is 0 Å². The quantitative estimate of drug-likeness (QED) is 0.312. The summed E-state index contributed by atoms with van der Waals surface area (Å²) in [5, 5.41) is 9.22. The van der Waals surface area contributed by atoms with E-state index in [1.165, 1.54) is 12.1 Å². The number of fused-ring (bicyclic) bond motifs is 1. The van der Waals surface area contributed by atoms with Crippen LogP contribution in [0.5, 0.6) is 0 Å². The van der Waals surface area contributed by atoms with Crippen molar-refractivity contribution < 1.29 is 13.6 Å². The molecule has 5 nitrogen and oxygen atoms in total. The highest BCUT2D eigenvalue weighted by atomic mass is 127. The maximum Gasteiger partial charge on any atom is 0.225 e. The highest BCUT2D eigenvalue weighted by Gasteiger charge is 2.24. The molecular weight excluding hydrogens is 489 g/mol. The summed E-state index contributed by atoms with van der Waals surface area (Å²) < 4.78 is 26.6. The molecule has 0 saturated carbocycles. The number of carbonyl (C=O) groups is 1. The number of anilines is 1. The lowest BCUT2D eigenvalue weighted by Crippen LogP contribution is -2.38. The molecule has 1 aliphatic heterocycles. The first kappa shape index (κ1) is 23.1. The normalized spacial score (nSPS) is 15.8. The maximum atomic E-state index is 13.3. The largest absolute Gasteiger partial charge is 0.357 e. The minimum absolute atomic E-state index is 0. The number of nitrogens with zero attached hydrogens (tertiary/aromatic N) is 1. The molecule has 2 aromatic rings. The van der Waals surface area contributed by atoms with Gasteiger partial charge in [0.05, 0.1) is 6.54 Å². The van der Waals surface area contributed by atoms with Gasteiger partial charge in [-0.25, -0.2) is 8.78 Å². The number of aliphatic imine (C=N–C) groups is 1. The van der Waals surface area contributed by atoms with Crippen LogP contribution in [0.4, 0.5) is 14.5 Å². The van der Waals surface area contributed by atoms with E-state index < -0.39 is 11.6 Å². The number of hydrogen-bond donors (Lipinski definition) is 3. The maximum absolute atomic E-state index is 13.3. The Hall–Kier alpha value is -2.23. The number of guanidine groups is 1. The minimum atomic E-state index is -0.579. The van der Waals surface area contributed by atoms with Gasteiger partial charge in [0, 0.05) is 37.2 Å². The Morgan fingerprint density at radius 1 is 1.17 bits per heavy atom. The fraction of sp³-hybridized carbons (Fsp3) is 0.333. The van der Waals surface area contributed by atoms with Crippen molar-refractivity contribution in [3.63, 3.8) is 0 Å². The predicted molar refractivity (Wildman–Crippen MR) is 122 cm³/mol. The van der Waals surface area contributed by atoms with Gasteiger partial charge in [-0.05, 0) is 42.7 Å². The van der Waals surface area contributed by atoms with E-state index in [-0.39, 0.29) is 35.8 Å². The molecule has 1 atom stereocenters. The van der Waals surface area contributed by atoms with Crippen LogP contribution in [0, 0.1) is 11.6 Å². The summed E-state index contributed by atoms with van der Waals surface area (Å²) in [7, 11) is 0. The second kappa shape index (κ2) is 11.1. The van der Waals surface area contributed by atoms with Gasteiger partial charge in [0.15, 0.2) is 5.96 Å². The Morgan fingerprint density at radius 3 is 2.62 bits per heavy atom. The topological polar surface area (TPSA) is 65.5 Å². The Labute approximate surface area is 186 Å². The van der Waals surface area contributed by atoms with Crippen LogP contribution in [-0.4, -0.2) is 31.5 Å². The van der Waals surface area contributed by atoms with Crippen LogP contribution >= 0.6 is 24.0 Å². The molecule has 1 unspecified atom stereocenters. The van der Waals surface area contributed by atoms with Crippen molar-refractivity contribution in [1.29, 1.82) is 0 Å². The number of rotatable bonds is 6. The fourth-order valence-corrected chi connectivity index (χ4v) is 3.29. The molecule has 0 aromatic heterocycles. The van der Waals surface area contributed by atoms with E-state index in [1.807, 2.05) is 31.2 Å². The molecule has 0 saturated heterocycles. The summed E-state index contributed by atoms with van der Waals surface area (Å²) in [6.45, 7) is 3.59. The van der Waals surface area contributed by atoms with Crippen LogP contribution in [0.25, 0.3) is 0 Å². The summed E-state index contributed by atoms with van der Waals surface area (Å²) in [6.07, 6.45) is 0.857. The van der Waals surface area contributed by atoms with Gasteiger partial charge < -0.3 is 16.0 Å². The zero-order chi connectivity index (χ0) is 19.9. The highest BCUT2D eigenvalue weighted by molar-refractivity contribution is 14.0. The van der Waals surface area contributed by atoms with Crippen molar-refractivity contribution in [2.24, 2.45) is 4.99 Å². The first-order chi connectivity index (χ1) is 13.5. The van der Waals surface area contributed by atoms with Gasteiger partial charge in [0.25, 0.3) is 0 Å². The summed E-state index contributed by atoms with van der Waals surface area (Å²) in [5.41, 5.74) is 2.50. The molecule has 1 amide bonds. The fourth-order valence-electron chi connectivity index (χ4n) is 3.29. The monoisotopic (exact) mass is 514 g/mol. The number of benzene rings is 2. The molecule has 0 spiro atoms. The van der Waals surface area contributed by atoms with E-state index in [0.717, 1.165) is 17.3 Å². The molecule has 2 aromatic carbocycles. The van der Waals surface area contributed by atoms with Gasteiger partial charge in [0.2, 0.25) is 5.91 Å². The lowest BCUT2D eigenvalue weighted by Gasteiger charge is -2.24. The second-order valence-corrected chi connectivity index (χ2v) is 6.71. The van der Waals surface area contributed by atoms with Crippen molar-refractivity contribution >= 4 is 41.5 Å². The summed E-state index contributed by atoms with van der Waals surface area (Å²) in [5.74, 6) is -0.542. The van der Waals surface area contributed by atoms with Crippen LogP contribution in [0.15, 0.2) is 47.5 Å². The predicted octanol–water partition coefficient (Wildman–Crippen LogP) is 3.81. The van der Waals surface area contributed by atoms with Crippen LogP contribution < -0.4 is 16.0 Å². The molecule has 1 aliphatic rings. The summed E-state index contributed by atoms with van der Waals surface area (Å²) in [4.78, 5) is 16.5. The minimum Gasteiger partial charge on any atom is -0.357 e. The lowest BCUT2D eigenvalue weighted by molar-refractivity contribution is -0.116. The van der Waals surface area contributed by atoms with E-state index in [4.69, 9.17) is 0 Å². The Morgan fingerprint density at radius 2 is 1.90 bits per heavy atom. The Bertz CT molecular complexity index is 855. The number of nitrogens with one attached hydrogen (secondary N) is 3. The van der Waals surface area contributed by atoms with Crippen molar-refractivity contribution in [3.8, 4) is 0 Å². The Kier molecular flexibility index (Phi) is 8.81. The first-order valence-corrected chi connectivity index (χ1v) is 9.41. The molecule has 156 valence electrons. The van der Waals surface area contributed by atoms with E-state index in [1.54, 1.807) is 0 Å². The zero-order valence-corrected chi connectivity index (χ0v) is 18.5. The number of halogens is 3. The van der Waals surface area contributed by atoms with E-state index in [9.17, 15) is 13.6 Å². The van der Waals surface area contributed by atoms with Crippen molar-refractivity contribution in [3.05, 3.63) is 65.2 Å². The molecule has 0 radical (unpaired) electrons. The zero-order valence-electron chi connectivity index (χ0n) is 16.2. The van der Waals surface area contributed by atoms with Crippen LogP contribution in [0.3, 0.4) is 0 Å². The van der Waals surface area contributed by atoms with E-state index in [0.29, 0.717) is 44.0 Å². The van der Waals surface area contributed by atoms with Crippen LogP contribution in [-0.2, 0) is 11.2 Å². The summed E-state index contributed by atoms with van der Waals surface area (Å²) >= 11 is 0. The van der Waals surface area contributed by atoms with Gasteiger partial charge in [-0.15, -0.1) is 24.0 Å².